The second-order valence-electron chi connectivity index (χ2n) is 5.24. The molecule has 0 atom stereocenters. The Morgan fingerprint density at radius 3 is 2.56 bits per heavy atom. The van der Waals surface area contributed by atoms with E-state index in [1.54, 1.807) is 0 Å². The van der Waals surface area contributed by atoms with Crippen LogP contribution in [-0.2, 0) is 6.54 Å². The summed E-state index contributed by atoms with van der Waals surface area (Å²) in [7, 11) is 0. The fraction of sp³-hybridized carbons (Fsp3) is 0.600. The summed E-state index contributed by atoms with van der Waals surface area (Å²) >= 11 is 0. The number of rotatable bonds is 4. The first-order valence-electron chi connectivity index (χ1n) is 6.86. The lowest BCUT2D eigenvalue weighted by atomic mass is 9.84. The highest BCUT2D eigenvalue weighted by molar-refractivity contribution is 5.18. The quantitative estimate of drug-likeness (QED) is 0.854. The lowest BCUT2D eigenvalue weighted by Crippen LogP contribution is -2.32. The summed E-state index contributed by atoms with van der Waals surface area (Å²) in [5.41, 5.74) is 0.424. The van der Waals surface area contributed by atoms with Crippen molar-refractivity contribution in [3.05, 3.63) is 35.4 Å². The maximum atomic E-state index is 13.4. The molecule has 0 radical (unpaired) electrons. The molecule has 1 N–H and O–H groups in total. The van der Waals surface area contributed by atoms with Crippen LogP contribution in [0.2, 0.25) is 0 Å². The van der Waals surface area contributed by atoms with Crippen molar-refractivity contribution in [1.29, 1.82) is 0 Å². The van der Waals surface area contributed by atoms with E-state index < -0.39 is 0 Å². The summed E-state index contributed by atoms with van der Waals surface area (Å²) in [6.45, 7) is 2.66. The van der Waals surface area contributed by atoms with Gasteiger partial charge >= 0.3 is 0 Å². The van der Waals surface area contributed by atoms with E-state index in [2.05, 4.69) is 12.2 Å². The van der Waals surface area contributed by atoms with Crippen LogP contribution < -0.4 is 5.32 Å². The van der Waals surface area contributed by atoms with Crippen molar-refractivity contribution >= 4 is 0 Å². The lowest BCUT2D eigenvalue weighted by Gasteiger charge is -2.28. The van der Waals surface area contributed by atoms with Gasteiger partial charge in [0.2, 0.25) is 0 Å². The van der Waals surface area contributed by atoms with Crippen molar-refractivity contribution in [3.63, 3.8) is 0 Å². The van der Waals surface area contributed by atoms with E-state index >= 15 is 0 Å². The van der Waals surface area contributed by atoms with Crippen LogP contribution in [0.3, 0.4) is 0 Å². The maximum Gasteiger partial charge on any atom is 0.127 e. The summed E-state index contributed by atoms with van der Waals surface area (Å²) in [6.07, 6.45) is 6.05. The molecular weight excluding hydrogens is 232 g/mol. The molecule has 0 spiro atoms. The van der Waals surface area contributed by atoms with Crippen LogP contribution in [0, 0.1) is 17.6 Å². The van der Waals surface area contributed by atoms with Crippen LogP contribution in [0.15, 0.2) is 18.2 Å². The summed E-state index contributed by atoms with van der Waals surface area (Å²) < 4.78 is 26.4. The van der Waals surface area contributed by atoms with Crippen molar-refractivity contribution in [2.24, 2.45) is 5.92 Å². The fourth-order valence-electron chi connectivity index (χ4n) is 2.71. The second kappa shape index (κ2) is 6.28. The van der Waals surface area contributed by atoms with Crippen molar-refractivity contribution in [1.82, 2.24) is 5.32 Å². The number of hydrogen-bond acceptors (Lipinski definition) is 1. The molecule has 1 saturated carbocycles. The van der Waals surface area contributed by atoms with Gasteiger partial charge in [0.15, 0.2) is 0 Å². The Bertz CT molecular complexity index is 384. The zero-order chi connectivity index (χ0) is 13.0. The molecule has 0 aromatic heterocycles. The van der Waals surface area contributed by atoms with Crippen LogP contribution in [0.5, 0.6) is 0 Å². The number of halogens is 2. The zero-order valence-electron chi connectivity index (χ0n) is 10.9. The molecule has 1 fully saturated rings. The van der Waals surface area contributed by atoms with Gasteiger partial charge in [0.05, 0.1) is 0 Å². The third-order valence-corrected chi connectivity index (χ3v) is 4.01. The third kappa shape index (κ3) is 3.52. The van der Waals surface area contributed by atoms with Crippen molar-refractivity contribution < 1.29 is 8.78 Å². The smallest absolute Gasteiger partial charge is 0.127 e. The maximum absolute atomic E-state index is 13.4. The molecule has 2 rings (SSSR count). The number of hydrogen-bond donors (Lipinski definition) is 1. The van der Waals surface area contributed by atoms with Gasteiger partial charge in [0.25, 0.3) is 0 Å². The number of nitrogens with one attached hydrogen (secondary N) is 1. The lowest BCUT2D eigenvalue weighted by molar-refractivity contribution is 0.284. The highest BCUT2D eigenvalue weighted by Crippen LogP contribution is 2.26. The molecule has 0 unspecified atom stereocenters. The van der Waals surface area contributed by atoms with Crippen LogP contribution in [0.25, 0.3) is 0 Å². The van der Waals surface area contributed by atoms with Gasteiger partial charge in [-0.25, -0.2) is 8.78 Å². The predicted molar refractivity (Wildman–Crippen MR) is 69.2 cm³/mol. The fourth-order valence-corrected chi connectivity index (χ4v) is 2.71. The summed E-state index contributed by atoms with van der Waals surface area (Å²) in [5.74, 6) is 0.156. The first kappa shape index (κ1) is 13.5. The Kier molecular flexibility index (Phi) is 4.70. The average Bonchev–Trinajstić information content (AvgIpc) is 2.40. The van der Waals surface area contributed by atoms with E-state index in [1.807, 2.05) is 0 Å². The molecule has 3 heteroatoms. The molecule has 1 aromatic rings. The van der Waals surface area contributed by atoms with E-state index in [9.17, 15) is 8.78 Å². The van der Waals surface area contributed by atoms with Gasteiger partial charge in [-0.3, -0.25) is 0 Å². The zero-order valence-corrected chi connectivity index (χ0v) is 10.9. The van der Waals surface area contributed by atoms with E-state index in [1.165, 1.54) is 31.4 Å². The van der Waals surface area contributed by atoms with Crippen LogP contribution in [0.1, 0.15) is 44.6 Å². The SMILES string of the molecule is CCC1CCC(NCc2cc(F)ccc2F)CC1. The molecule has 0 saturated heterocycles. The van der Waals surface area contributed by atoms with Crippen molar-refractivity contribution in [2.75, 3.05) is 0 Å². The highest BCUT2D eigenvalue weighted by atomic mass is 19.1. The standard InChI is InChI=1S/C15H21F2N/c1-2-11-3-6-14(7-4-11)18-10-12-9-13(16)5-8-15(12)17/h5,8-9,11,14,18H,2-4,6-7,10H2,1H3. The topological polar surface area (TPSA) is 12.0 Å². The van der Waals surface area contributed by atoms with Crippen molar-refractivity contribution in [3.8, 4) is 0 Å². The predicted octanol–water partition coefficient (Wildman–Crippen LogP) is 4.02. The largest absolute Gasteiger partial charge is 0.310 e. The molecule has 0 bridgehead atoms. The molecule has 18 heavy (non-hydrogen) atoms. The molecule has 1 aliphatic rings. The minimum Gasteiger partial charge on any atom is -0.310 e. The van der Waals surface area contributed by atoms with Gasteiger partial charge < -0.3 is 5.32 Å². The van der Waals surface area contributed by atoms with Gasteiger partial charge in [-0.15, -0.1) is 0 Å². The van der Waals surface area contributed by atoms with Crippen LogP contribution in [-0.4, -0.2) is 6.04 Å². The van der Waals surface area contributed by atoms with E-state index in [0.717, 1.165) is 24.8 Å². The highest BCUT2D eigenvalue weighted by Gasteiger charge is 2.19. The van der Waals surface area contributed by atoms with Gasteiger partial charge in [-0.1, -0.05) is 13.3 Å². The Morgan fingerprint density at radius 1 is 1.17 bits per heavy atom. The van der Waals surface area contributed by atoms with Gasteiger partial charge in [-0.2, -0.15) is 0 Å². The molecule has 0 aliphatic heterocycles. The Morgan fingerprint density at radius 2 is 1.89 bits per heavy atom. The van der Waals surface area contributed by atoms with Crippen molar-refractivity contribution in [2.45, 2.75) is 51.6 Å². The molecule has 100 valence electrons. The van der Waals surface area contributed by atoms with Gasteiger partial charge in [-0.05, 0) is 49.8 Å². The second-order valence-corrected chi connectivity index (χ2v) is 5.24. The summed E-state index contributed by atoms with van der Waals surface area (Å²) in [6, 6.07) is 4.08. The molecule has 1 aliphatic carbocycles. The van der Waals surface area contributed by atoms with E-state index in [-0.39, 0.29) is 11.6 Å². The molecule has 1 nitrogen and oxygen atoms in total. The first-order chi connectivity index (χ1) is 8.69. The van der Waals surface area contributed by atoms with E-state index in [4.69, 9.17) is 0 Å². The molecular formula is C15H21F2N. The normalized spacial score (nSPS) is 24.2. The minimum atomic E-state index is -0.372. The number of benzene rings is 1. The Labute approximate surface area is 108 Å². The van der Waals surface area contributed by atoms with Crippen LogP contribution in [0.4, 0.5) is 8.78 Å². The van der Waals surface area contributed by atoms with E-state index in [0.29, 0.717) is 18.2 Å². The summed E-state index contributed by atoms with van der Waals surface area (Å²) in [5, 5.41) is 3.34. The minimum absolute atomic E-state index is 0.328. The first-order valence-corrected chi connectivity index (χ1v) is 6.86. The average molecular weight is 253 g/mol. The van der Waals surface area contributed by atoms with Crippen LogP contribution >= 0.6 is 0 Å². The Balaban J connectivity index is 1.83. The van der Waals surface area contributed by atoms with Gasteiger partial charge in [0.1, 0.15) is 11.6 Å². The Hall–Kier alpha value is -0.960. The summed E-state index contributed by atoms with van der Waals surface area (Å²) in [4.78, 5) is 0. The van der Waals surface area contributed by atoms with Gasteiger partial charge in [0, 0.05) is 18.2 Å². The molecule has 1 aromatic carbocycles. The molecule has 0 amide bonds. The molecule has 0 heterocycles. The third-order valence-electron chi connectivity index (χ3n) is 4.01. The monoisotopic (exact) mass is 253 g/mol.